The second-order valence-electron chi connectivity index (χ2n) is 11.9. The largest absolute Gasteiger partial charge is 0.490 e. The number of halogens is 3. The summed E-state index contributed by atoms with van der Waals surface area (Å²) in [7, 11) is 1.66. The molecule has 4 rings (SSSR count). The average Bonchev–Trinajstić information content (AvgIpc) is 3.75. The zero-order valence-electron chi connectivity index (χ0n) is 27.8. The molecule has 4 amide bonds. The number of aromatic nitrogens is 4. The lowest BCUT2D eigenvalue weighted by Crippen LogP contribution is -2.58. The van der Waals surface area contributed by atoms with Crippen molar-refractivity contribution < 1.29 is 42.3 Å². The number of alkyl halides is 3. The van der Waals surface area contributed by atoms with Crippen LogP contribution in [0.3, 0.4) is 0 Å². The van der Waals surface area contributed by atoms with Gasteiger partial charge in [0.15, 0.2) is 0 Å². The summed E-state index contributed by atoms with van der Waals surface area (Å²) in [6.45, 7) is 5.49. The molecule has 1 saturated heterocycles. The van der Waals surface area contributed by atoms with Crippen molar-refractivity contribution in [3.8, 4) is 11.4 Å². The van der Waals surface area contributed by atoms with Crippen molar-refractivity contribution in [2.24, 2.45) is 11.7 Å². The Morgan fingerprint density at radius 2 is 1.64 bits per heavy atom. The molecule has 0 saturated carbocycles. The minimum absolute atomic E-state index is 0.141. The fraction of sp³-hybridized carbons (Fsp3) is 0.438. The molecule has 5 atom stereocenters. The van der Waals surface area contributed by atoms with Crippen molar-refractivity contribution in [2.75, 3.05) is 13.6 Å². The van der Waals surface area contributed by atoms with Crippen LogP contribution in [0.25, 0.3) is 11.4 Å². The second kappa shape index (κ2) is 17.3. The maximum Gasteiger partial charge on any atom is 0.490 e. The van der Waals surface area contributed by atoms with E-state index in [9.17, 15) is 32.3 Å². The van der Waals surface area contributed by atoms with E-state index in [0.717, 1.165) is 5.56 Å². The van der Waals surface area contributed by atoms with E-state index in [2.05, 4.69) is 31.2 Å². The lowest BCUT2D eigenvalue weighted by atomic mass is 10.0. The third-order valence-corrected chi connectivity index (χ3v) is 7.92. The number of benzene rings is 1. The Kier molecular flexibility index (Phi) is 13.5. The summed E-state index contributed by atoms with van der Waals surface area (Å²) in [5, 5.41) is 24.1. The number of carboxylic acids is 1. The first kappa shape index (κ1) is 39.1. The molecule has 1 aliphatic heterocycles. The molecule has 15 nitrogen and oxygen atoms in total. The van der Waals surface area contributed by atoms with Gasteiger partial charge in [0, 0.05) is 25.6 Å². The molecular formula is C32H40F3N9O6. The van der Waals surface area contributed by atoms with Gasteiger partial charge in [-0.15, -0.1) is 5.10 Å². The number of likely N-dealkylation sites (tertiary alicyclic amines) is 1. The molecule has 0 radical (unpaired) electrons. The van der Waals surface area contributed by atoms with Gasteiger partial charge in [-0.25, -0.2) is 9.48 Å². The van der Waals surface area contributed by atoms with Crippen LogP contribution in [-0.4, -0.2) is 104 Å². The lowest BCUT2D eigenvalue weighted by Gasteiger charge is -2.31. The van der Waals surface area contributed by atoms with Gasteiger partial charge in [-0.2, -0.15) is 13.2 Å². The van der Waals surface area contributed by atoms with Crippen molar-refractivity contribution in [1.82, 2.24) is 40.8 Å². The normalized spacial score (nSPS) is 17.6. The Morgan fingerprint density at radius 1 is 1.00 bits per heavy atom. The number of aliphatic carboxylic acids is 1. The van der Waals surface area contributed by atoms with Crippen LogP contribution < -0.4 is 21.7 Å². The minimum Gasteiger partial charge on any atom is -0.475 e. The number of carbonyl (C=O) groups is 5. The Morgan fingerprint density at radius 3 is 2.18 bits per heavy atom. The first-order valence-electron chi connectivity index (χ1n) is 15.6. The van der Waals surface area contributed by atoms with Gasteiger partial charge in [0.05, 0.1) is 24.0 Å². The number of amides is 4. The molecule has 3 aromatic rings. The van der Waals surface area contributed by atoms with E-state index in [1.54, 1.807) is 37.1 Å². The van der Waals surface area contributed by atoms with Crippen LogP contribution in [-0.2, 0) is 30.4 Å². The van der Waals surface area contributed by atoms with Crippen molar-refractivity contribution in [3.63, 3.8) is 0 Å². The number of nitrogens with two attached hydrogens (primary N) is 1. The number of rotatable bonds is 12. The molecule has 18 heteroatoms. The third kappa shape index (κ3) is 10.6. The van der Waals surface area contributed by atoms with Gasteiger partial charge in [-0.05, 0) is 37.6 Å². The summed E-state index contributed by atoms with van der Waals surface area (Å²) >= 11 is 0. The van der Waals surface area contributed by atoms with Gasteiger partial charge < -0.3 is 31.7 Å². The highest BCUT2D eigenvalue weighted by Gasteiger charge is 2.44. The quantitative estimate of drug-likeness (QED) is 0.181. The summed E-state index contributed by atoms with van der Waals surface area (Å²) in [5.41, 5.74) is 7.69. The van der Waals surface area contributed by atoms with Crippen LogP contribution in [0.5, 0.6) is 0 Å². The van der Waals surface area contributed by atoms with Crippen LogP contribution in [0.1, 0.15) is 38.8 Å². The first-order valence-corrected chi connectivity index (χ1v) is 15.6. The van der Waals surface area contributed by atoms with E-state index in [1.807, 2.05) is 56.3 Å². The summed E-state index contributed by atoms with van der Waals surface area (Å²) in [5.74, 6) is -4.96. The molecule has 0 spiro atoms. The van der Waals surface area contributed by atoms with Crippen molar-refractivity contribution in [2.45, 2.75) is 70.0 Å². The molecule has 3 heterocycles. The molecule has 1 aromatic carbocycles. The minimum atomic E-state index is -5.08. The van der Waals surface area contributed by atoms with Gasteiger partial charge in [-0.3, -0.25) is 24.2 Å². The van der Waals surface area contributed by atoms with E-state index in [4.69, 9.17) is 15.6 Å². The maximum atomic E-state index is 14.0. The number of carboxylic acid groups (broad SMARTS) is 1. The van der Waals surface area contributed by atoms with Gasteiger partial charge in [0.2, 0.25) is 23.6 Å². The van der Waals surface area contributed by atoms with Crippen LogP contribution in [0.15, 0.2) is 60.9 Å². The van der Waals surface area contributed by atoms with Crippen LogP contribution >= 0.6 is 0 Å². The summed E-state index contributed by atoms with van der Waals surface area (Å²) in [6, 6.07) is 10.9. The molecule has 0 unspecified atom stereocenters. The zero-order chi connectivity index (χ0) is 37.2. The molecule has 50 heavy (non-hydrogen) atoms. The molecule has 2 aromatic heterocycles. The van der Waals surface area contributed by atoms with Crippen molar-refractivity contribution in [3.05, 3.63) is 66.5 Å². The molecule has 6 N–H and O–H groups in total. The van der Waals surface area contributed by atoms with E-state index in [0.29, 0.717) is 11.4 Å². The van der Waals surface area contributed by atoms with Gasteiger partial charge in [-0.1, -0.05) is 55.5 Å². The number of hydrogen-bond donors (Lipinski definition) is 5. The standard InChI is InChI=1S/C30H39N9O4.C2HF3O2/c1-18(2)26(35-28(41)19(3)32-4)30(43)38-16-21(39-17-24(36-37-39)22-12-8-9-13-33-22)15-25(38)29(42)34-23(27(31)40)14-20-10-6-5-7-11-20;3-2(4,5)1(6)7/h5-13,17-19,21,23,25-26,32H,14-16H2,1-4H3,(H2,31,40)(H,34,42)(H,35,41);(H,6,7)/t19-,21-,23-,25-,26-;/m0./s1. The number of hydrogen-bond acceptors (Lipinski definition) is 9. The molecule has 1 fully saturated rings. The number of likely N-dealkylation sites (N-methyl/N-ethyl adjacent to an activating group) is 1. The second-order valence-corrected chi connectivity index (χ2v) is 11.9. The number of primary amides is 1. The number of nitrogens with one attached hydrogen (secondary N) is 3. The van der Waals surface area contributed by atoms with Gasteiger partial charge >= 0.3 is 12.1 Å². The molecule has 0 bridgehead atoms. The van der Waals surface area contributed by atoms with E-state index in [-0.39, 0.29) is 31.2 Å². The number of nitrogens with zero attached hydrogens (tertiary/aromatic N) is 5. The Bertz CT molecular complexity index is 1620. The summed E-state index contributed by atoms with van der Waals surface area (Å²) < 4.78 is 33.4. The SMILES string of the molecule is CN[C@@H](C)C(=O)N[C@H](C(=O)N1C[C@@H](n2cc(-c3ccccn3)nn2)C[C@H]1C(=O)N[C@@H](Cc1ccccc1)C(N)=O)C(C)C.O=C(O)C(F)(F)F. The predicted octanol–water partition coefficient (Wildman–Crippen LogP) is 1.08. The van der Waals surface area contributed by atoms with E-state index >= 15 is 0 Å². The van der Waals surface area contributed by atoms with E-state index < -0.39 is 60.1 Å². The monoisotopic (exact) mass is 703 g/mol. The summed E-state index contributed by atoms with van der Waals surface area (Å²) in [4.78, 5) is 67.6. The van der Waals surface area contributed by atoms with Crippen molar-refractivity contribution >= 4 is 29.6 Å². The average molecular weight is 704 g/mol. The third-order valence-electron chi connectivity index (χ3n) is 7.92. The molecule has 0 aliphatic carbocycles. The Labute approximate surface area is 285 Å². The fourth-order valence-electron chi connectivity index (χ4n) is 5.03. The van der Waals surface area contributed by atoms with E-state index in [1.165, 1.54) is 4.90 Å². The molecule has 270 valence electrons. The van der Waals surface area contributed by atoms with Crippen LogP contribution in [0.4, 0.5) is 13.2 Å². The zero-order valence-corrected chi connectivity index (χ0v) is 27.8. The lowest BCUT2D eigenvalue weighted by molar-refractivity contribution is -0.192. The smallest absolute Gasteiger partial charge is 0.475 e. The topological polar surface area (TPSA) is 215 Å². The Hall–Kier alpha value is -5.39. The molecular weight excluding hydrogens is 663 g/mol. The molecule has 1 aliphatic rings. The van der Waals surface area contributed by atoms with Crippen LogP contribution in [0, 0.1) is 5.92 Å². The maximum absolute atomic E-state index is 14.0. The predicted molar refractivity (Wildman–Crippen MR) is 173 cm³/mol. The highest BCUT2D eigenvalue weighted by atomic mass is 19.4. The first-order chi connectivity index (χ1) is 23.5. The van der Waals surface area contributed by atoms with Gasteiger partial charge in [0.25, 0.3) is 0 Å². The highest BCUT2D eigenvalue weighted by Crippen LogP contribution is 2.30. The summed E-state index contributed by atoms with van der Waals surface area (Å²) in [6.07, 6.45) is -1.28. The van der Waals surface area contributed by atoms with Crippen molar-refractivity contribution in [1.29, 1.82) is 0 Å². The highest BCUT2D eigenvalue weighted by molar-refractivity contribution is 5.95. The number of pyridine rings is 1. The number of carbonyl (C=O) groups excluding carboxylic acids is 4. The van der Waals surface area contributed by atoms with Gasteiger partial charge in [0.1, 0.15) is 23.8 Å². The van der Waals surface area contributed by atoms with Crippen LogP contribution in [0.2, 0.25) is 0 Å². The fourth-order valence-corrected chi connectivity index (χ4v) is 5.03. The Balaban J connectivity index is 0.000000872.